The molecule has 0 aromatic heterocycles. The van der Waals surface area contributed by atoms with Gasteiger partial charge in [-0.05, 0) is 96.3 Å². The normalized spacial score (nSPS) is 13.8. The Morgan fingerprint density at radius 1 is 0.419 bits per heavy atom. The molecule has 0 aliphatic heterocycles. The Morgan fingerprint density at radius 3 is 1.15 bits per heavy atom. The highest BCUT2D eigenvalue weighted by Gasteiger charge is 2.22. The molecule has 0 aromatic rings. The standard InChI is InChI=1S/C65H105NO8/c1-6-8-10-12-14-16-18-20-21-22-23-24-25-26-27-28-29-30-31-32-33-34-35-36-37-38-39-40-41-42-43-44-46-48-50-52-54-56-63(68)74-61(60-73-65(64(69)70)71-58-57-66(3,4)5)59-72-62(67)55-53-51-49-47-45-19-17-15-13-11-9-7-2/h8,10,14,16,20-21,23-24,26-27,29-30,32-33,35-36,38-39,41-42,44,46,61,65H,6-7,9,11-13,15,17-19,22,25,28,31,34,37,40,43,45,47-60H2,1-5H3/b10-8-,16-14-,21-20-,24-23-,27-26-,30-29-,33-32-,36-35-,39-38-,42-41-,46-44-. The van der Waals surface area contributed by atoms with Crippen molar-refractivity contribution in [2.24, 2.45) is 0 Å². The number of aliphatic carboxylic acids is 1. The summed E-state index contributed by atoms with van der Waals surface area (Å²) >= 11 is 0. The minimum Gasteiger partial charge on any atom is -0.545 e. The first kappa shape index (κ1) is 69.4. The number of quaternary nitrogens is 1. The van der Waals surface area contributed by atoms with E-state index in [9.17, 15) is 19.5 Å². The molecule has 0 heterocycles. The number of ether oxygens (including phenoxy) is 4. The summed E-state index contributed by atoms with van der Waals surface area (Å²) in [5, 5.41) is 11.7. The maximum absolute atomic E-state index is 12.8. The molecule has 0 radical (unpaired) electrons. The molecule has 0 spiro atoms. The van der Waals surface area contributed by atoms with Crippen molar-refractivity contribution in [3.05, 3.63) is 134 Å². The van der Waals surface area contributed by atoms with Gasteiger partial charge in [0.15, 0.2) is 12.4 Å². The summed E-state index contributed by atoms with van der Waals surface area (Å²) in [6.45, 7) is 4.56. The Kier molecular flexibility index (Phi) is 51.3. The molecule has 0 amide bonds. The van der Waals surface area contributed by atoms with E-state index in [0.29, 0.717) is 17.4 Å². The SMILES string of the molecule is CC/C=C\C/C=C\C/C=C\C/C=C\C/C=C\C/C=C\C/C=C\C/C=C\C/C=C\C/C=C\C/C=C\CCCCCC(=O)OC(COC(=O)CCCCCCCCCCCCCC)COC(OCC[N+](C)(C)C)C(=O)[O-]. The van der Waals surface area contributed by atoms with Crippen molar-refractivity contribution in [1.29, 1.82) is 0 Å². The number of carbonyl (C=O) groups is 3. The van der Waals surface area contributed by atoms with Crippen molar-refractivity contribution in [3.8, 4) is 0 Å². The van der Waals surface area contributed by atoms with Crippen LogP contribution in [0, 0.1) is 0 Å². The maximum Gasteiger partial charge on any atom is 0.306 e. The highest BCUT2D eigenvalue weighted by molar-refractivity contribution is 5.70. The molecule has 0 saturated carbocycles. The van der Waals surface area contributed by atoms with E-state index in [1.165, 1.54) is 57.8 Å². The number of carbonyl (C=O) groups excluding carboxylic acids is 3. The molecule has 0 fully saturated rings. The van der Waals surface area contributed by atoms with Crippen molar-refractivity contribution >= 4 is 17.9 Å². The van der Waals surface area contributed by atoms with Crippen LogP contribution in [0.25, 0.3) is 0 Å². The molecular formula is C65H105NO8. The monoisotopic (exact) mass is 1030 g/mol. The Morgan fingerprint density at radius 2 is 0.770 bits per heavy atom. The van der Waals surface area contributed by atoms with Gasteiger partial charge < -0.3 is 33.3 Å². The number of hydrogen-bond acceptors (Lipinski definition) is 8. The molecule has 0 N–H and O–H groups in total. The number of rotatable bonds is 51. The predicted octanol–water partition coefficient (Wildman–Crippen LogP) is 15.7. The second-order valence-corrected chi connectivity index (χ2v) is 19.9. The molecule has 2 unspecified atom stereocenters. The molecule has 0 aromatic carbocycles. The highest BCUT2D eigenvalue weighted by Crippen LogP contribution is 2.14. The third-order valence-electron chi connectivity index (χ3n) is 11.7. The van der Waals surface area contributed by atoms with Crippen molar-refractivity contribution in [1.82, 2.24) is 0 Å². The van der Waals surface area contributed by atoms with Crippen LogP contribution in [-0.4, -0.2) is 82.3 Å². The van der Waals surface area contributed by atoms with Gasteiger partial charge in [0.2, 0.25) is 0 Å². The molecule has 0 aliphatic rings. The number of esters is 2. The first-order chi connectivity index (χ1) is 36.1. The van der Waals surface area contributed by atoms with E-state index in [4.69, 9.17) is 18.9 Å². The number of hydrogen-bond donors (Lipinski definition) is 0. The molecule has 2 atom stereocenters. The zero-order chi connectivity index (χ0) is 54.1. The molecule has 0 saturated heterocycles. The van der Waals surface area contributed by atoms with Crippen LogP contribution in [0.2, 0.25) is 0 Å². The van der Waals surface area contributed by atoms with Crippen LogP contribution >= 0.6 is 0 Å². The van der Waals surface area contributed by atoms with Crippen molar-refractivity contribution in [2.45, 2.75) is 212 Å². The number of unbranched alkanes of at least 4 members (excludes halogenated alkanes) is 14. The fraction of sp³-hybridized carbons (Fsp3) is 0.615. The molecule has 9 heteroatoms. The van der Waals surface area contributed by atoms with Gasteiger partial charge in [0, 0.05) is 12.8 Å². The van der Waals surface area contributed by atoms with E-state index >= 15 is 0 Å². The van der Waals surface area contributed by atoms with Gasteiger partial charge in [0.1, 0.15) is 13.2 Å². The van der Waals surface area contributed by atoms with Gasteiger partial charge in [0.25, 0.3) is 0 Å². The second kappa shape index (κ2) is 54.7. The zero-order valence-electron chi connectivity index (χ0n) is 47.4. The van der Waals surface area contributed by atoms with Crippen LogP contribution in [0.3, 0.4) is 0 Å². The summed E-state index contributed by atoms with van der Waals surface area (Å²) in [6, 6.07) is 0. The van der Waals surface area contributed by atoms with Crippen LogP contribution in [0.1, 0.15) is 200 Å². The number of carboxylic acids is 1. The van der Waals surface area contributed by atoms with Crippen LogP contribution in [0.15, 0.2) is 134 Å². The van der Waals surface area contributed by atoms with Crippen LogP contribution < -0.4 is 5.11 Å². The fourth-order valence-corrected chi connectivity index (χ4v) is 7.24. The van der Waals surface area contributed by atoms with Gasteiger partial charge >= 0.3 is 11.9 Å². The molecular weight excluding hydrogens is 923 g/mol. The van der Waals surface area contributed by atoms with E-state index in [-0.39, 0.29) is 38.6 Å². The number of nitrogens with zero attached hydrogens (tertiary/aromatic N) is 1. The Labute approximate surface area is 452 Å². The Hall–Kier alpha value is -4.57. The third kappa shape index (κ3) is 55.2. The van der Waals surface area contributed by atoms with Crippen molar-refractivity contribution in [2.75, 3.05) is 47.5 Å². The highest BCUT2D eigenvalue weighted by atomic mass is 16.7. The predicted molar refractivity (Wildman–Crippen MR) is 310 cm³/mol. The number of allylic oxidation sites excluding steroid dienone is 22. The molecule has 0 rings (SSSR count). The zero-order valence-corrected chi connectivity index (χ0v) is 47.4. The van der Waals surface area contributed by atoms with Crippen molar-refractivity contribution in [3.63, 3.8) is 0 Å². The van der Waals surface area contributed by atoms with Crippen LogP contribution in [0.4, 0.5) is 0 Å². The second-order valence-electron chi connectivity index (χ2n) is 19.9. The summed E-state index contributed by atoms with van der Waals surface area (Å²) < 4.78 is 22.6. The Balaban J connectivity index is 4.28. The lowest BCUT2D eigenvalue weighted by Gasteiger charge is -2.26. The van der Waals surface area contributed by atoms with E-state index in [2.05, 4.69) is 148 Å². The largest absolute Gasteiger partial charge is 0.545 e. The lowest BCUT2D eigenvalue weighted by Crippen LogP contribution is -2.44. The smallest absolute Gasteiger partial charge is 0.306 e. The van der Waals surface area contributed by atoms with Gasteiger partial charge in [-0.2, -0.15) is 0 Å². The molecule has 9 nitrogen and oxygen atoms in total. The summed E-state index contributed by atoms with van der Waals surface area (Å²) in [5.74, 6) is -2.34. The number of carboxylic acid groups (broad SMARTS) is 1. The first-order valence-electron chi connectivity index (χ1n) is 28.8. The summed E-state index contributed by atoms with van der Waals surface area (Å²) in [4.78, 5) is 37.1. The maximum atomic E-state index is 12.8. The lowest BCUT2D eigenvalue weighted by atomic mass is 10.0. The van der Waals surface area contributed by atoms with Crippen molar-refractivity contribution < 1.29 is 42.9 Å². The lowest BCUT2D eigenvalue weighted by molar-refractivity contribution is -0.870. The van der Waals surface area contributed by atoms with E-state index in [0.717, 1.165) is 109 Å². The van der Waals surface area contributed by atoms with E-state index in [1.54, 1.807) is 0 Å². The van der Waals surface area contributed by atoms with Crippen LogP contribution in [0.5, 0.6) is 0 Å². The summed E-state index contributed by atoms with van der Waals surface area (Å²) in [6.07, 6.45) is 75.1. The van der Waals surface area contributed by atoms with E-state index < -0.39 is 24.3 Å². The average molecular weight is 1030 g/mol. The minimum absolute atomic E-state index is 0.135. The quantitative estimate of drug-likeness (QED) is 0.0195. The third-order valence-corrected chi connectivity index (χ3v) is 11.7. The first-order valence-corrected chi connectivity index (χ1v) is 28.8. The minimum atomic E-state index is -1.64. The average Bonchev–Trinajstić information content (AvgIpc) is 3.37. The summed E-state index contributed by atoms with van der Waals surface area (Å²) in [7, 11) is 5.89. The van der Waals surface area contributed by atoms with E-state index in [1.807, 2.05) is 21.1 Å². The topological polar surface area (TPSA) is 111 Å². The van der Waals surface area contributed by atoms with Crippen LogP contribution in [-0.2, 0) is 33.3 Å². The summed E-state index contributed by atoms with van der Waals surface area (Å²) in [5.41, 5.74) is 0. The van der Waals surface area contributed by atoms with Gasteiger partial charge in [-0.25, -0.2) is 0 Å². The number of likely N-dealkylation sites (N-methyl/N-ethyl adjacent to an activating group) is 1. The molecule has 418 valence electrons. The Bertz CT molecular complexity index is 1670. The molecule has 74 heavy (non-hydrogen) atoms. The van der Waals surface area contributed by atoms with Gasteiger partial charge in [-0.15, -0.1) is 0 Å². The molecule has 0 bridgehead atoms. The van der Waals surface area contributed by atoms with Gasteiger partial charge in [-0.1, -0.05) is 225 Å². The molecule has 0 aliphatic carbocycles. The fourth-order valence-electron chi connectivity index (χ4n) is 7.24. The van der Waals surface area contributed by atoms with Gasteiger partial charge in [0.05, 0.1) is 40.3 Å². The van der Waals surface area contributed by atoms with Gasteiger partial charge in [-0.3, -0.25) is 9.59 Å².